The third kappa shape index (κ3) is 3.38. The first-order chi connectivity index (χ1) is 11.0. The number of carbonyl (C=O) groups is 1. The lowest BCUT2D eigenvalue weighted by Gasteiger charge is -2.32. The molecule has 0 atom stereocenters. The van der Waals surface area contributed by atoms with Crippen LogP contribution < -0.4 is 4.74 Å². The summed E-state index contributed by atoms with van der Waals surface area (Å²) in [7, 11) is 0. The van der Waals surface area contributed by atoms with Crippen LogP contribution in [0.2, 0.25) is 0 Å². The summed E-state index contributed by atoms with van der Waals surface area (Å²) in [5.41, 5.74) is 3.85. The lowest BCUT2D eigenvalue weighted by molar-refractivity contribution is 0.0593. The number of carbonyl (C=O) groups excluding carboxylic acids is 1. The first kappa shape index (κ1) is 15.6. The number of aryl methyl sites for hydroxylation is 3. The van der Waals surface area contributed by atoms with Crippen LogP contribution in [0.3, 0.4) is 0 Å². The smallest absolute Gasteiger partial charge is 0.257 e. The van der Waals surface area contributed by atoms with Crippen LogP contribution in [0.1, 0.15) is 40.0 Å². The Morgan fingerprint density at radius 1 is 1.26 bits per heavy atom. The Morgan fingerprint density at radius 3 is 2.65 bits per heavy atom. The molecule has 5 heteroatoms. The average molecular weight is 313 g/mol. The highest BCUT2D eigenvalue weighted by atomic mass is 16.5. The molecule has 23 heavy (non-hydrogen) atoms. The highest BCUT2D eigenvalue weighted by Gasteiger charge is 2.26. The molecule has 1 N–H and O–H groups in total. The normalized spacial score (nSPS) is 15.7. The molecule has 0 unspecified atom stereocenters. The number of hydrogen-bond acceptors (Lipinski definition) is 3. The van der Waals surface area contributed by atoms with Crippen molar-refractivity contribution < 1.29 is 9.53 Å². The Balaban J connectivity index is 1.59. The van der Waals surface area contributed by atoms with Gasteiger partial charge in [0.2, 0.25) is 0 Å². The Bertz CT molecular complexity index is 700. The molecule has 122 valence electrons. The van der Waals surface area contributed by atoms with E-state index >= 15 is 0 Å². The molecular formula is C18H23N3O2. The zero-order valence-electron chi connectivity index (χ0n) is 13.9. The molecule has 3 rings (SSSR count). The summed E-state index contributed by atoms with van der Waals surface area (Å²) >= 11 is 0. The Morgan fingerprint density at radius 2 is 2.00 bits per heavy atom. The van der Waals surface area contributed by atoms with Gasteiger partial charge < -0.3 is 9.64 Å². The van der Waals surface area contributed by atoms with E-state index in [1.54, 1.807) is 6.20 Å². The zero-order valence-corrected chi connectivity index (χ0v) is 13.9. The molecule has 1 aromatic heterocycles. The van der Waals surface area contributed by atoms with E-state index in [1.165, 1.54) is 5.56 Å². The second kappa shape index (κ2) is 6.44. The Hall–Kier alpha value is -2.30. The molecule has 0 aliphatic carbocycles. The van der Waals surface area contributed by atoms with Crippen molar-refractivity contribution in [1.29, 1.82) is 0 Å². The number of benzene rings is 1. The van der Waals surface area contributed by atoms with Crippen LogP contribution >= 0.6 is 0 Å². The second-order valence-electron chi connectivity index (χ2n) is 6.29. The van der Waals surface area contributed by atoms with Gasteiger partial charge in [-0.25, -0.2) is 0 Å². The van der Waals surface area contributed by atoms with E-state index in [2.05, 4.69) is 42.2 Å². The SMILES string of the molecule is Cc1ccc(C)c(OC2CCN(C(=O)c3cn[nH]c3C)CC2)c1. The minimum atomic E-state index is 0.0569. The molecule has 0 saturated carbocycles. The van der Waals surface area contributed by atoms with Crippen molar-refractivity contribution in [3.8, 4) is 5.75 Å². The summed E-state index contributed by atoms with van der Waals surface area (Å²) in [4.78, 5) is 14.4. The first-order valence-corrected chi connectivity index (χ1v) is 8.08. The molecular weight excluding hydrogens is 290 g/mol. The lowest BCUT2D eigenvalue weighted by Crippen LogP contribution is -2.42. The van der Waals surface area contributed by atoms with Gasteiger partial charge in [-0.1, -0.05) is 12.1 Å². The number of aromatic amines is 1. The summed E-state index contributed by atoms with van der Waals surface area (Å²) in [6.45, 7) is 7.45. The van der Waals surface area contributed by atoms with E-state index in [9.17, 15) is 4.79 Å². The fraction of sp³-hybridized carbons (Fsp3) is 0.444. The summed E-state index contributed by atoms with van der Waals surface area (Å²) in [6.07, 6.45) is 3.49. The van der Waals surface area contributed by atoms with Gasteiger partial charge in [0.25, 0.3) is 5.91 Å². The first-order valence-electron chi connectivity index (χ1n) is 8.08. The van der Waals surface area contributed by atoms with Crippen molar-refractivity contribution in [2.45, 2.75) is 39.7 Å². The van der Waals surface area contributed by atoms with Gasteiger partial charge in [0.1, 0.15) is 11.9 Å². The van der Waals surface area contributed by atoms with E-state index < -0.39 is 0 Å². The molecule has 5 nitrogen and oxygen atoms in total. The van der Waals surface area contributed by atoms with Crippen molar-refractivity contribution >= 4 is 5.91 Å². The number of hydrogen-bond donors (Lipinski definition) is 1. The van der Waals surface area contributed by atoms with Crippen molar-refractivity contribution in [3.63, 3.8) is 0 Å². The van der Waals surface area contributed by atoms with Crippen molar-refractivity contribution in [2.24, 2.45) is 0 Å². The molecule has 0 bridgehead atoms. The van der Waals surface area contributed by atoms with Gasteiger partial charge in [-0.3, -0.25) is 9.89 Å². The van der Waals surface area contributed by atoms with E-state index in [1.807, 2.05) is 11.8 Å². The predicted molar refractivity (Wildman–Crippen MR) is 88.8 cm³/mol. The fourth-order valence-corrected chi connectivity index (χ4v) is 2.93. The minimum Gasteiger partial charge on any atom is -0.490 e. The summed E-state index contributed by atoms with van der Waals surface area (Å²) < 4.78 is 6.15. The lowest BCUT2D eigenvalue weighted by atomic mass is 10.1. The van der Waals surface area contributed by atoms with Gasteiger partial charge in [-0.15, -0.1) is 0 Å². The highest BCUT2D eigenvalue weighted by Crippen LogP contribution is 2.24. The van der Waals surface area contributed by atoms with Gasteiger partial charge in [-0.05, 0) is 38.0 Å². The number of H-pyrrole nitrogens is 1. The topological polar surface area (TPSA) is 58.2 Å². The van der Waals surface area contributed by atoms with Crippen LogP contribution in [0, 0.1) is 20.8 Å². The average Bonchev–Trinajstić information content (AvgIpc) is 2.97. The quantitative estimate of drug-likeness (QED) is 0.947. The maximum Gasteiger partial charge on any atom is 0.257 e. The second-order valence-corrected chi connectivity index (χ2v) is 6.29. The molecule has 1 aliphatic heterocycles. The van der Waals surface area contributed by atoms with Crippen LogP contribution in [0.15, 0.2) is 24.4 Å². The molecule has 1 saturated heterocycles. The van der Waals surface area contributed by atoms with Crippen molar-refractivity contribution in [1.82, 2.24) is 15.1 Å². The molecule has 1 fully saturated rings. The fourth-order valence-electron chi connectivity index (χ4n) is 2.93. The maximum absolute atomic E-state index is 12.5. The third-order valence-electron chi connectivity index (χ3n) is 4.43. The third-order valence-corrected chi connectivity index (χ3v) is 4.43. The number of nitrogens with one attached hydrogen (secondary N) is 1. The zero-order chi connectivity index (χ0) is 16.4. The number of likely N-dealkylation sites (tertiary alicyclic amines) is 1. The standard InChI is InChI=1S/C18H23N3O2/c1-12-4-5-13(2)17(10-12)23-15-6-8-21(9-7-15)18(22)16-11-19-20-14(16)3/h4-5,10-11,15H,6-9H2,1-3H3,(H,19,20). The predicted octanol–water partition coefficient (Wildman–Crippen LogP) is 3.02. The van der Waals surface area contributed by atoms with E-state index in [-0.39, 0.29) is 12.0 Å². The number of nitrogens with zero attached hydrogens (tertiary/aromatic N) is 2. The van der Waals surface area contributed by atoms with Crippen LogP contribution in [0.5, 0.6) is 5.75 Å². The van der Waals surface area contributed by atoms with Crippen molar-refractivity contribution in [3.05, 3.63) is 46.8 Å². The van der Waals surface area contributed by atoms with Gasteiger partial charge in [0, 0.05) is 31.6 Å². The number of aromatic nitrogens is 2. The maximum atomic E-state index is 12.5. The number of amides is 1. The summed E-state index contributed by atoms with van der Waals surface area (Å²) in [5, 5.41) is 6.75. The molecule has 1 aliphatic rings. The van der Waals surface area contributed by atoms with Crippen molar-refractivity contribution in [2.75, 3.05) is 13.1 Å². The van der Waals surface area contributed by atoms with Crippen LogP contribution in [-0.2, 0) is 0 Å². The molecule has 1 amide bonds. The van der Waals surface area contributed by atoms with Crippen LogP contribution in [0.25, 0.3) is 0 Å². The molecule has 2 aromatic rings. The highest BCUT2D eigenvalue weighted by molar-refractivity contribution is 5.95. The summed E-state index contributed by atoms with van der Waals surface area (Å²) in [5.74, 6) is 1.02. The van der Waals surface area contributed by atoms with Gasteiger partial charge in [-0.2, -0.15) is 5.10 Å². The number of ether oxygens (including phenoxy) is 1. The largest absolute Gasteiger partial charge is 0.490 e. The molecule has 0 spiro atoms. The molecule has 0 radical (unpaired) electrons. The minimum absolute atomic E-state index is 0.0569. The number of piperidine rings is 1. The summed E-state index contributed by atoms with van der Waals surface area (Å²) in [6, 6.07) is 6.27. The Labute approximate surface area is 136 Å². The molecule has 2 heterocycles. The van der Waals surface area contributed by atoms with Crippen LogP contribution in [-0.4, -0.2) is 40.2 Å². The molecule has 1 aromatic carbocycles. The number of rotatable bonds is 3. The van der Waals surface area contributed by atoms with Gasteiger partial charge in [0.15, 0.2) is 0 Å². The van der Waals surface area contributed by atoms with Crippen LogP contribution in [0.4, 0.5) is 0 Å². The monoisotopic (exact) mass is 313 g/mol. The van der Waals surface area contributed by atoms with E-state index in [0.717, 1.165) is 42.9 Å². The van der Waals surface area contributed by atoms with E-state index in [4.69, 9.17) is 4.74 Å². The Kier molecular flexibility index (Phi) is 4.37. The van der Waals surface area contributed by atoms with Gasteiger partial charge >= 0.3 is 0 Å². The van der Waals surface area contributed by atoms with Gasteiger partial charge in [0.05, 0.1) is 11.8 Å². The van der Waals surface area contributed by atoms with E-state index in [0.29, 0.717) is 5.56 Å².